The molecule has 0 unspecified atom stereocenters. The maximum Gasteiger partial charge on any atom is 0.126 e. The first-order chi connectivity index (χ1) is 6.79. The third kappa shape index (κ3) is 1.01. The highest BCUT2D eigenvalue weighted by Crippen LogP contribution is 2.43. The lowest BCUT2D eigenvalue weighted by molar-refractivity contribution is 0.354. The molecular weight excluding hydrogens is 240 g/mol. The minimum Gasteiger partial charge on any atom is -0.493 e. The van der Waals surface area contributed by atoms with E-state index < -0.39 is 0 Å². The number of fused-ring (bicyclic) bond motifs is 2. The molecule has 3 rings (SSSR count). The van der Waals surface area contributed by atoms with E-state index in [1.54, 1.807) is 5.56 Å². The molecule has 1 aromatic rings. The van der Waals surface area contributed by atoms with Gasteiger partial charge in [0.1, 0.15) is 5.75 Å². The molecule has 0 N–H and O–H groups in total. The van der Waals surface area contributed by atoms with Crippen LogP contribution < -0.4 is 4.74 Å². The predicted octanol–water partition coefficient (Wildman–Crippen LogP) is 3.18. The van der Waals surface area contributed by atoms with Gasteiger partial charge in [0.25, 0.3) is 0 Å². The van der Waals surface area contributed by atoms with E-state index in [1.807, 2.05) is 0 Å². The molecule has 0 saturated heterocycles. The molecular formula is C12H13BrO. The van der Waals surface area contributed by atoms with E-state index in [0.29, 0.717) is 0 Å². The van der Waals surface area contributed by atoms with Gasteiger partial charge in [0, 0.05) is 16.5 Å². The lowest BCUT2D eigenvalue weighted by Gasteiger charge is -2.12. The van der Waals surface area contributed by atoms with Crippen molar-refractivity contribution in [2.75, 3.05) is 6.61 Å². The van der Waals surface area contributed by atoms with Gasteiger partial charge in [0.15, 0.2) is 0 Å². The molecule has 0 amide bonds. The maximum atomic E-state index is 5.71. The van der Waals surface area contributed by atoms with Crippen LogP contribution in [0.1, 0.15) is 28.7 Å². The number of benzene rings is 1. The highest BCUT2D eigenvalue weighted by molar-refractivity contribution is 9.10. The summed E-state index contributed by atoms with van der Waals surface area (Å²) in [7, 11) is 0. The van der Waals surface area contributed by atoms with E-state index in [-0.39, 0.29) is 0 Å². The highest BCUT2D eigenvalue weighted by Gasteiger charge is 2.26. The zero-order chi connectivity index (χ0) is 9.71. The van der Waals surface area contributed by atoms with Crippen molar-refractivity contribution >= 4 is 15.9 Å². The molecule has 1 aromatic carbocycles. The van der Waals surface area contributed by atoms with Crippen LogP contribution >= 0.6 is 15.9 Å². The van der Waals surface area contributed by atoms with Gasteiger partial charge in [-0.3, -0.25) is 0 Å². The van der Waals surface area contributed by atoms with E-state index in [2.05, 4.69) is 22.9 Å². The van der Waals surface area contributed by atoms with Gasteiger partial charge in [-0.1, -0.05) is 15.9 Å². The minimum absolute atomic E-state index is 0.859. The molecule has 74 valence electrons. The topological polar surface area (TPSA) is 9.23 Å². The van der Waals surface area contributed by atoms with Crippen LogP contribution in [0.2, 0.25) is 0 Å². The van der Waals surface area contributed by atoms with Crippen molar-refractivity contribution in [3.63, 3.8) is 0 Å². The summed E-state index contributed by atoms with van der Waals surface area (Å²) in [5.41, 5.74) is 5.89. The lowest BCUT2D eigenvalue weighted by atomic mass is 9.99. The van der Waals surface area contributed by atoms with Crippen molar-refractivity contribution in [1.29, 1.82) is 0 Å². The second-order valence-electron chi connectivity index (χ2n) is 4.16. The molecule has 1 aliphatic carbocycles. The molecule has 1 heterocycles. The van der Waals surface area contributed by atoms with Crippen molar-refractivity contribution in [1.82, 2.24) is 0 Å². The van der Waals surface area contributed by atoms with Crippen LogP contribution in [0.4, 0.5) is 0 Å². The zero-order valence-corrected chi connectivity index (χ0v) is 9.91. The normalized spacial score (nSPS) is 17.9. The molecule has 0 bridgehead atoms. The van der Waals surface area contributed by atoms with Crippen LogP contribution in [0.5, 0.6) is 5.75 Å². The Labute approximate surface area is 92.6 Å². The monoisotopic (exact) mass is 252 g/mol. The van der Waals surface area contributed by atoms with Gasteiger partial charge in [-0.25, -0.2) is 0 Å². The summed E-state index contributed by atoms with van der Waals surface area (Å²) in [6.45, 7) is 3.07. The standard InChI is InChI=1S/C12H13BrO/c1-7-8-3-2-4-9(8)11(13)10-5-6-14-12(7)10/h2-6H2,1H3. The Hall–Kier alpha value is -0.500. The second-order valence-corrected chi connectivity index (χ2v) is 4.95. The smallest absolute Gasteiger partial charge is 0.126 e. The van der Waals surface area contributed by atoms with Crippen LogP contribution in [0, 0.1) is 6.92 Å². The Morgan fingerprint density at radius 1 is 1.07 bits per heavy atom. The Balaban J connectivity index is 2.33. The first kappa shape index (κ1) is 8.78. The van der Waals surface area contributed by atoms with Crippen LogP contribution in [0.15, 0.2) is 4.47 Å². The molecule has 2 heteroatoms. The summed E-state index contributed by atoms with van der Waals surface area (Å²) in [6.07, 6.45) is 4.85. The molecule has 0 spiro atoms. The summed E-state index contributed by atoms with van der Waals surface area (Å²) in [5, 5.41) is 0. The lowest BCUT2D eigenvalue weighted by Crippen LogP contribution is -1.94. The second kappa shape index (κ2) is 2.99. The van der Waals surface area contributed by atoms with Gasteiger partial charge in [-0.2, -0.15) is 0 Å². The quantitative estimate of drug-likeness (QED) is 0.690. The van der Waals surface area contributed by atoms with Crippen LogP contribution in [0.3, 0.4) is 0 Å². The van der Waals surface area contributed by atoms with Crippen molar-refractivity contribution in [2.24, 2.45) is 0 Å². The van der Waals surface area contributed by atoms with Crippen LogP contribution in [0.25, 0.3) is 0 Å². The minimum atomic E-state index is 0.859. The van der Waals surface area contributed by atoms with Crippen molar-refractivity contribution in [2.45, 2.75) is 32.6 Å². The third-order valence-corrected chi connectivity index (χ3v) is 4.37. The predicted molar refractivity (Wildman–Crippen MR) is 60.1 cm³/mol. The largest absolute Gasteiger partial charge is 0.493 e. The van der Waals surface area contributed by atoms with Crippen LogP contribution in [-0.4, -0.2) is 6.61 Å². The molecule has 0 saturated carbocycles. The average Bonchev–Trinajstić information content (AvgIpc) is 2.82. The SMILES string of the molecule is Cc1c2c(c(Br)c3c1OCC3)CCC2. The fraction of sp³-hybridized carbons (Fsp3) is 0.500. The fourth-order valence-electron chi connectivity index (χ4n) is 2.72. The van der Waals surface area contributed by atoms with Gasteiger partial charge in [-0.05, 0) is 42.9 Å². The Bertz CT molecular complexity index is 337. The van der Waals surface area contributed by atoms with E-state index in [0.717, 1.165) is 18.8 Å². The molecule has 0 radical (unpaired) electrons. The van der Waals surface area contributed by atoms with E-state index in [1.165, 1.54) is 40.4 Å². The molecule has 14 heavy (non-hydrogen) atoms. The van der Waals surface area contributed by atoms with E-state index in [9.17, 15) is 0 Å². The Morgan fingerprint density at radius 3 is 2.71 bits per heavy atom. The van der Waals surface area contributed by atoms with E-state index >= 15 is 0 Å². The van der Waals surface area contributed by atoms with E-state index in [4.69, 9.17) is 4.74 Å². The maximum absolute atomic E-state index is 5.71. The number of hydrogen-bond donors (Lipinski definition) is 0. The van der Waals surface area contributed by atoms with Crippen molar-refractivity contribution in [3.8, 4) is 5.75 Å². The summed E-state index contributed by atoms with van der Waals surface area (Å²) >= 11 is 3.74. The summed E-state index contributed by atoms with van der Waals surface area (Å²) in [5.74, 6) is 1.16. The highest BCUT2D eigenvalue weighted by atomic mass is 79.9. The first-order valence-corrected chi connectivity index (χ1v) is 6.04. The Kier molecular flexibility index (Phi) is 1.88. The molecule has 2 aliphatic rings. The Morgan fingerprint density at radius 2 is 1.86 bits per heavy atom. The van der Waals surface area contributed by atoms with Gasteiger partial charge >= 0.3 is 0 Å². The average molecular weight is 253 g/mol. The summed E-state index contributed by atoms with van der Waals surface area (Å²) < 4.78 is 7.04. The van der Waals surface area contributed by atoms with Crippen molar-refractivity contribution in [3.05, 3.63) is 26.7 Å². The molecule has 0 fully saturated rings. The summed E-state index contributed by atoms with van der Waals surface area (Å²) in [4.78, 5) is 0. The number of rotatable bonds is 0. The third-order valence-electron chi connectivity index (χ3n) is 3.41. The summed E-state index contributed by atoms with van der Waals surface area (Å²) in [6, 6.07) is 0. The number of hydrogen-bond acceptors (Lipinski definition) is 1. The van der Waals surface area contributed by atoms with Gasteiger partial charge in [0.05, 0.1) is 6.61 Å². The molecule has 1 aliphatic heterocycles. The van der Waals surface area contributed by atoms with Crippen LogP contribution in [-0.2, 0) is 19.3 Å². The van der Waals surface area contributed by atoms with Crippen molar-refractivity contribution < 1.29 is 4.74 Å². The van der Waals surface area contributed by atoms with Gasteiger partial charge < -0.3 is 4.74 Å². The van der Waals surface area contributed by atoms with Gasteiger partial charge in [-0.15, -0.1) is 0 Å². The number of halogens is 1. The molecule has 0 aromatic heterocycles. The fourth-order valence-corrected chi connectivity index (χ4v) is 3.53. The molecule has 1 nitrogen and oxygen atoms in total. The first-order valence-electron chi connectivity index (χ1n) is 5.24. The van der Waals surface area contributed by atoms with Gasteiger partial charge in [0.2, 0.25) is 0 Å². The number of ether oxygens (including phenoxy) is 1. The molecule has 0 atom stereocenters. The zero-order valence-electron chi connectivity index (χ0n) is 8.32.